The minimum atomic E-state index is -0.675. The Morgan fingerprint density at radius 3 is 2.77 bits per heavy atom. The zero-order valence-electron chi connectivity index (χ0n) is 17.0. The summed E-state index contributed by atoms with van der Waals surface area (Å²) in [4.78, 5) is 22.0. The van der Waals surface area contributed by atoms with Crippen LogP contribution in [-0.2, 0) is 19.0 Å². The summed E-state index contributed by atoms with van der Waals surface area (Å²) in [7, 11) is 2.01. The van der Waals surface area contributed by atoms with Gasteiger partial charge in [-0.05, 0) is 38.1 Å². The quantitative estimate of drug-likeness (QED) is 0.541. The first-order valence-corrected chi connectivity index (χ1v) is 10.0. The van der Waals surface area contributed by atoms with E-state index in [-0.39, 0.29) is 11.0 Å². The van der Waals surface area contributed by atoms with Gasteiger partial charge >= 0.3 is 0 Å². The molecule has 0 unspecified atom stereocenters. The fourth-order valence-corrected chi connectivity index (χ4v) is 4.54. The zero-order valence-corrected chi connectivity index (χ0v) is 17.0. The summed E-state index contributed by atoms with van der Waals surface area (Å²) in [5.74, 6) is -0.120. The summed E-state index contributed by atoms with van der Waals surface area (Å²) in [6.07, 6.45) is 7.57. The molecule has 8 nitrogen and oxygen atoms in total. The van der Waals surface area contributed by atoms with Crippen molar-refractivity contribution in [3.8, 4) is 0 Å². The van der Waals surface area contributed by atoms with Crippen LogP contribution in [0, 0.1) is 5.82 Å². The summed E-state index contributed by atoms with van der Waals surface area (Å²) < 4.78 is 17.7. The van der Waals surface area contributed by atoms with Crippen molar-refractivity contribution < 1.29 is 9.18 Å². The molecule has 0 radical (unpaired) electrons. The summed E-state index contributed by atoms with van der Waals surface area (Å²) in [5.41, 5.74) is 8.43. The maximum Gasteiger partial charge on any atom is 0.251 e. The number of hydrogen-bond donors (Lipinski definition) is 2. The molecule has 4 aromatic rings. The van der Waals surface area contributed by atoms with Crippen LogP contribution in [0.15, 0.2) is 30.7 Å². The van der Waals surface area contributed by atoms with Crippen molar-refractivity contribution >= 4 is 22.6 Å². The largest absolute Gasteiger partial charge is 0.366 e. The number of aromatic amines is 1. The van der Waals surface area contributed by atoms with E-state index in [1.165, 1.54) is 6.07 Å². The molecule has 156 valence electrons. The second kappa shape index (κ2) is 6.66. The Labute approximate surface area is 172 Å². The molecular formula is C21H24FN7O. The molecule has 0 atom stereocenters. The van der Waals surface area contributed by atoms with E-state index in [0.29, 0.717) is 11.0 Å². The first-order valence-electron chi connectivity index (χ1n) is 10.0. The van der Waals surface area contributed by atoms with E-state index in [9.17, 15) is 9.18 Å². The molecule has 4 heterocycles. The van der Waals surface area contributed by atoms with Gasteiger partial charge in [-0.15, -0.1) is 0 Å². The molecule has 1 aliphatic rings. The van der Waals surface area contributed by atoms with Gasteiger partial charge < -0.3 is 15.3 Å². The number of likely N-dealkylation sites (tertiary alicyclic amines) is 1. The van der Waals surface area contributed by atoms with E-state index < -0.39 is 11.7 Å². The highest BCUT2D eigenvalue weighted by molar-refractivity contribution is 6.05. The van der Waals surface area contributed by atoms with Crippen molar-refractivity contribution in [1.82, 2.24) is 29.0 Å². The lowest BCUT2D eigenvalue weighted by atomic mass is 9.75. The van der Waals surface area contributed by atoms with Gasteiger partial charge in [0.25, 0.3) is 5.91 Å². The number of aromatic nitrogens is 5. The number of carbonyl (C=O) groups excluding carboxylic acids is 1. The van der Waals surface area contributed by atoms with Crippen molar-refractivity contribution in [3.63, 3.8) is 0 Å². The Bertz CT molecular complexity index is 1260. The van der Waals surface area contributed by atoms with Gasteiger partial charge in [0.15, 0.2) is 0 Å². The average molecular weight is 409 g/mol. The predicted molar refractivity (Wildman–Crippen MR) is 111 cm³/mol. The number of imidazole rings is 2. The standard InChI is InChI=1S/C21H24FN7O/c1-21(3-6-28(7-4-21)12-17-24-5-8-27(17)2)15-11-25-29-18-14(19(23)30)9-13(22)10-16(18)26-20(15)29/h5,8-11,26H,3-4,6-7,12H2,1-2H3,(H2,23,30). The Balaban J connectivity index is 1.47. The molecule has 0 saturated carbocycles. The second-order valence-electron chi connectivity index (χ2n) is 8.45. The molecule has 3 aromatic heterocycles. The highest BCUT2D eigenvalue weighted by atomic mass is 19.1. The van der Waals surface area contributed by atoms with Crippen LogP contribution in [0.1, 0.15) is 41.5 Å². The zero-order chi connectivity index (χ0) is 21.0. The van der Waals surface area contributed by atoms with Crippen molar-refractivity contribution in [2.75, 3.05) is 13.1 Å². The Kier molecular flexibility index (Phi) is 4.18. The number of piperidine rings is 1. The number of nitrogens with two attached hydrogens (primary N) is 1. The molecule has 0 bridgehead atoms. The molecule has 1 fully saturated rings. The van der Waals surface area contributed by atoms with Crippen LogP contribution in [0.25, 0.3) is 16.7 Å². The topological polar surface area (TPSA) is 97.2 Å². The van der Waals surface area contributed by atoms with Gasteiger partial charge in [-0.25, -0.2) is 13.9 Å². The average Bonchev–Trinajstić information content (AvgIpc) is 3.38. The summed E-state index contributed by atoms with van der Waals surface area (Å²) in [5, 5.41) is 4.52. The fourth-order valence-electron chi connectivity index (χ4n) is 4.54. The number of benzene rings is 1. The van der Waals surface area contributed by atoms with Crippen LogP contribution in [0.4, 0.5) is 4.39 Å². The normalized spacial score (nSPS) is 17.2. The lowest BCUT2D eigenvalue weighted by Gasteiger charge is -2.38. The molecule has 5 rings (SSSR count). The monoisotopic (exact) mass is 409 g/mol. The van der Waals surface area contributed by atoms with Crippen molar-refractivity contribution in [3.05, 3.63) is 53.5 Å². The smallest absolute Gasteiger partial charge is 0.251 e. The minimum Gasteiger partial charge on any atom is -0.366 e. The summed E-state index contributed by atoms with van der Waals surface area (Å²) in [6, 6.07) is 2.54. The fraction of sp³-hybridized carbons (Fsp3) is 0.381. The number of hydrogen-bond acceptors (Lipinski definition) is 4. The van der Waals surface area contributed by atoms with Gasteiger partial charge in [0, 0.05) is 30.4 Å². The van der Waals surface area contributed by atoms with Gasteiger partial charge in [-0.1, -0.05) is 6.92 Å². The Morgan fingerprint density at radius 2 is 2.10 bits per heavy atom. The highest BCUT2D eigenvalue weighted by Gasteiger charge is 2.35. The van der Waals surface area contributed by atoms with E-state index in [0.717, 1.165) is 55.6 Å². The van der Waals surface area contributed by atoms with Crippen molar-refractivity contribution in [2.45, 2.75) is 31.7 Å². The van der Waals surface area contributed by atoms with Gasteiger partial charge in [0.05, 0.1) is 23.8 Å². The molecule has 1 aliphatic heterocycles. The maximum absolute atomic E-state index is 14.0. The van der Waals surface area contributed by atoms with Crippen LogP contribution >= 0.6 is 0 Å². The Hall–Kier alpha value is -3.20. The molecule has 1 saturated heterocycles. The number of primary amides is 1. The van der Waals surface area contributed by atoms with Crippen LogP contribution in [0.2, 0.25) is 0 Å². The van der Waals surface area contributed by atoms with E-state index in [4.69, 9.17) is 5.73 Å². The number of carbonyl (C=O) groups is 1. The third kappa shape index (κ3) is 2.88. The lowest BCUT2D eigenvalue weighted by Crippen LogP contribution is -2.40. The van der Waals surface area contributed by atoms with Gasteiger partial charge in [-0.3, -0.25) is 9.69 Å². The van der Waals surface area contributed by atoms with E-state index in [2.05, 4.69) is 31.5 Å². The number of H-pyrrole nitrogens is 1. The molecule has 30 heavy (non-hydrogen) atoms. The first kappa shape index (κ1) is 18.8. The number of halogens is 1. The second-order valence-corrected chi connectivity index (χ2v) is 8.45. The van der Waals surface area contributed by atoms with Crippen LogP contribution < -0.4 is 5.73 Å². The molecule has 1 amide bonds. The van der Waals surface area contributed by atoms with Crippen LogP contribution in [0.5, 0.6) is 0 Å². The van der Waals surface area contributed by atoms with Gasteiger partial charge in [0.2, 0.25) is 0 Å². The number of amides is 1. The molecule has 0 spiro atoms. The maximum atomic E-state index is 14.0. The van der Waals surface area contributed by atoms with Crippen molar-refractivity contribution in [2.24, 2.45) is 12.8 Å². The van der Waals surface area contributed by atoms with E-state index >= 15 is 0 Å². The Morgan fingerprint density at radius 1 is 1.33 bits per heavy atom. The van der Waals surface area contributed by atoms with Crippen molar-refractivity contribution in [1.29, 1.82) is 0 Å². The van der Waals surface area contributed by atoms with E-state index in [1.54, 1.807) is 4.52 Å². The predicted octanol–water partition coefficient (Wildman–Crippen LogP) is 2.34. The minimum absolute atomic E-state index is 0.0772. The highest BCUT2D eigenvalue weighted by Crippen LogP contribution is 2.38. The summed E-state index contributed by atoms with van der Waals surface area (Å²) >= 11 is 0. The lowest BCUT2D eigenvalue weighted by molar-refractivity contribution is 0.100. The SMILES string of the molecule is Cn1ccnc1CN1CCC(C)(c2cnn3c2[nH]c2cc(F)cc(C(N)=O)c23)CC1. The number of aryl methyl sites for hydroxylation is 1. The number of nitrogens with one attached hydrogen (secondary N) is 1. The number of fused-ring (bicyclic) bond motifs is 3. The first-order chi connectivity index (χ1) is 14.4. The molecule has 9 heteroatoms. The summed E-state index contributed by atoms with van der Waals surface area (Å²) in [6.45, 7) is 4.96. The molecule has 0 aliphatic carbocycles. The van der Waals surface area contributed by atoms with Gasteiger partial charge in [-0.2, -0.15) is 5.10 Å². The number of nitrogens with zero attached hydrogens (tertiary/aromatic N) is 5. The van der Waals surface area contributed by atoms with E-state index in [1.807, 2.05) is 25.6 Å². The van der Waals surface area contributed by atoms with Crippen LogP contribution in [0.3, 0.4) is 0 Å². The third-order valence-corrected chi connectivity index (χ3v) is 6.47. The molecule has 3 N–H and O–H groups in total. The van der Waals surface area contributed by atoms with Gasteiger partial charge in [0.1, 0.15) is 22.8 Å². The molecule has 1 aromatic carbocycles. The third-order valence-electron chi connectivity index (χ3n) is 6.47. The molecular weight excluding hydrogens is 385 g/mol. The van der Waals surface area contributed by atoms with Crippen LogP contribution in [-0.4, -0.2) is 48.0 Å². The number of rotatable bonds is 4.